The number of likely N-dealkylation sites (tertiary alicyclic amines) is 1. The van der Waals surface area contributed by atoms with Crippen molar-refractivity contribution in [2.75, 3.05) is 17.7 Å². The van der Waals surface area contributed by atoms with E-state index < -0.39 is 9.84 Å². The van der Waals surface area contributed by atoms with Crippen molar-refractivity contribution in [2.45, 2.75) is 36.6 Å². The number of nitrogens with zero attached hydrogens (tertiary/aromatic N) is 3. The summed E-state index contributed by atoms with van der Waals surface area (Å²) < 4.78 is 29.9. The molecular weight excluding hydrogens is 438 g/mol. The van der Waals surface area contributed by atoms with Gasteiger partial charge in [0.25, 0.3) is 0 Å². The molecule has 0 aliphatic carbocycles. The molecule has 3 heterocycles. The number of ether oxygens (including phenoxy) is 1. The predicted molar refractivity (Wildman–Crippen MR) is 125 cm³/mol. The van der Waals surface area contributed by atoms with Crippen LogP contribution in [0.15, 0.2) is 78.0 Å². The summed E-state index contributed by atoms with van der Waals surface area (Å²) in [5, 5.41) is 0. The summed E-state index contributed by atoms with van der Waals surface area (Å²) >= 11 is 0. The zero-order valence-corrected chi connectivity index (χ0v) is 19.1. The van der Waals surface area contributed by atoms with E-state index in [1.165, 1.54) is 6.26 Å². The molecular formula is C25H25N3O4S. The smallest absolute Gasteiger partial charge is 0.244 e. The maximum atomic E-state index is 13.8. The second kappa shape index (κ2) is 8.61. The number of hydrogen-bond donors (Lipinski definition) is 0. The molecule has 170 valence electrons. The molecule has 2 aromatic carbocycles. The summed E-state index contributed by atoms with van der Waals surface area (Å²) in [6.45, 7) is 1.57. The lowest BCUT2D eigenvalue weighted by atomic mass is 10.1. The van der Waals surface area contributed by atoms with Gasteiger partial charge in [-0.15, -0.1) is 0 Å². The molecule has 0 spiro atoms. The fraction of sp³-hybridized carbons (Fsp3) is 0.280. The first kappa shape index (κ1) is 21.6. The number of hydrogen-bond acceptors (Lipinski definition) is 6. The first-order chi connectivity index (χ1) is 15.9. The maximum Gasteiger partial charge on any atom is 0.244 e. The first-order valence-corrected chi connectivity index (χ1v) is 12.8. The Labute approximate surface area is 193 Å². The van der Waals surface area contributed by atoms with E-state index in [0.29, 0.717) is 31.8 Å². The van der Waals surface area contributed by atoms with Crippen LogP contribution >= 0.6 is 0 Å². The minimum Gasteiger partial charge on any atom is -0.487 e. The Kier molecular flexibility index (Phi) is 5.64. The summed E-state index contributed by atoms with van der Waals surface area (Å²) in [6.07, 6.45) is 5.21. The summed E-state index contributed by atoms with van der Waals surface area (Å²) in [4.78, 5) is 22.2. The van der Waals surface area contributed by atoms with Gasteiger partial charge in [0.05, 0.1) is 23.2 Å². The van der Waals surface area contributed by atoms with E-state index in [1.807, 2.05) is 48.5 Å². The lowest BCUT2D eigenvalue weighted by molar-refractivity contribution is -0.123. The second-order valence-corrected chi connectivity index (χ2v) is 10.6. The molecule has 2 atom stereocenters. The van der Waals surface area contributed by atoms with Crippen LogP contribution in [-0.4, -0.2) is 49.2 Å². The minimum atomic E-state index is -3.25. The summed E-state index contributed by atoms with van der Waals surface area (Å²) in [5.74, 6) is 0.738. The molecule has 8 heteroatoms. The lowest BCUT2D eigenvalue weighted by Gasteiger charge is -2.32. The highest BCUT2D eigenvalue weighted by molar-refractivity contribution is 7.90. The van der Waals surface area contributed by atoms with Gasteiger partial charge in [0.1, 0.15) is 11.9 Å². The zero-order valence-electron chi connectivity index (χ0n) is 18.3. The fourth-order valence-electron chi connectivity index (χ4n) is 4.55. The molecule has 2 aliphatic heterocycles. The van der Waals surface area contributed by atoms with Crippen LogP contribution < -0.4 is 9.64 Å². The SMILES string of the molecule is CS(=O)(=O)c1ccc(CN2C[C@@H]3C[C@H]2C(=O)N(Cc2cccnc2)c2ccccc2O3)cc1. The zero-order chi connectivity index (χ0) is 23.0. The van der Waals surface area contributed by atoms with Crippen molar-refractivity contribution in [2.24, 2.45) is 0 Å². The van der Waals surface area contributed by atoms with Crippen LogP contribution in [0.2, 0.25) is 0 Å². The average molecular weight is 464 g/mol. The number of pyridine rings is 1. The van der Waals surface area contributed by atoms with E-state index in [-0.39, 0.29) is 22.9 Å². The quantitative estimate of drug-likeness (QED) is 0.579. The Bertz CT molecular complexity index is 1260. The molecule has 33 heavy (non-hydrogen) atoms. The van der Waals surface area contributed by atoms with Crippen LogP contribution in [0.1, 0.15) is 17.5 Å². The monoisotopic (exact) mass is 463 g/mol. The average Bonchev–Trinajstić information content (AvgIpc) is 3.20. The number of fused-ring (bicyclic) bond motifs is 3. The van der Waals surface area contributed by atoms with Crippen LogP contribution in [-0.2, 0) is 27.7 Å². The van der Waals surface area contributed by atoms with Crippen molar-refractivity contribution in [1.82, 2.24) is 9.88 Å². The lowest BCUT2D eigenvalue weighted by Crippen LogP contribution is -2.45. The van der Waals surface area contributed by atoms with Gasteiger partial charge in [-0.2, -0.15) is 0 Å². The Hall–Kier alpha value is -3.23. The number of sulfone groups is 1. The Morgan fingerprint density at radius 3 is 2.52 bits per heavy atom. The number of benzene rings is 2. The fourth-order valence-corrected chi connectivity index (χ4v) is 5.18. The molecule has 1 amide bonds. The summed E-state index contributed by atoms with van der Waals surface area (Å²) in [5.41, 5.74) is 2.66. The molecule has 3 aromatic rings. The highest BCUT2D eigenvalue weighted by Crippen LogP contribution is 2.37. The number of anilines is 1. The third-order valence-electron chi connectivity index (χ3n) is 6.17. The van der Waals surface area contributed by atoms with Gasteiger partial charge in [0, 0.05) is 38.2 Å². The van der Waals surface area contributed by atoms with Crippen molar-refractivity contribution in [3.8, 4) is 5.75 Å². The van der Waals surface area contributed by atoms with Crippen molar-refractivity contribution in [1.29, 1.82) is 0 Å². The van der Waals surface area contributed by atoms with Gasteiger partial charge in [-0.05, 0) is 41.5 Å². The van der Waals surface area contributed by atoms with Crippen LogP contribution in [0.25, 0.3) is 0 Å². The molecule has 2 aliphatic rings. The van der Waals surface area contributed by atoms with E-state index >= 15 is 0 Å². The molecule has 2 bridgehead atoms. The van der Waals surface area contributed by atoms with Crippen molar-refractivity contribution < 1.29 is 17.9 Å². The third kappa shape index (κ3) is 4.49. The van der Waals surface area contributed by atoms with E-state index in [2.05, 4.69) is 9.88 Å². The van der Waals surface area contributed by atoms with Crippen molar-refractivity contribution in [3.05, 3.63) is 84.2 Å². The predicted octanol–water partition coefficient (Wildman–Crippen LogP) is 3.05. The largest absolute Gasteiger partial charge is 0.487 e. The number of amides is 1. The van der Waals surface area contributed by atoms with Crippen LogP contribution in [0, 0.1) is 0 Å². The van der Waals surface area contributed by atoms with Crippen molar-refractivity contribution >= 4 is 21.4 Å². The van der Waals surface area contributed by atoms with Gasteiger partial charge >= 0.3 is 0 Å². The molecule has 5 rings (SSSR count). The molecule has 0 saturated carbocycles. The molecule has 0 radical (unpaired) electrons. The second-order valence-electron chi connectivity index (χ2n) is 8.59. The summed E-state index contributed by atoms with van der Waals surface area (Å²) in [6, 6.07) is 18.0. The Balaban J connectivity index is 1.44. The van der Waals surface area contributed by atoms with E-state index in [1.54, 1.807) is 29.4 Å². The minimum absolute atomic E-state index is 0.0323. The number of carbonyl (C=O) groups is 1. The number of para-hydroxylation sites is 2. The van der Waals surface area contributed by atoms with Gasteiger partial charge in [0.15, 0.2) is 9.84 Å². The normalized spacial score (nSPS) is 20.6. The summed E-state index contributed by atoms with van der Waals surface area (Å²) in [7, 11) is -3.25. The number of carbonyl (C=O) groups excluding carboxylic acids is 1. The van der Waals surface area contributed by atoms with Gasteiger partial charge in [-0.3, -0.25) is 14.7 Å². The standard InChI is InChI=1S/C25H25N3O4S/c1-33(30,31)21-10-8-18(9-11-21)15-27-17-20-13-23(27)25(29)28(16-19-5-4-12-26-14-19)22-6-2-3-7-24(22)32-20/h2-12,14,20,23H,13,15-17H2,1H3/t20-,23-/m0/s1. The van der Waals surface area contributed by atoms with E-state index in [4.69, 9.17) is 4.74 Å². The number of aromatic nitrogens is 1. The topological polar surface area (TPSA) is 79.8 Å². The Morgan fingerprint density at radius 1 is 1.00 bits per heavy atom. The van der Waals surface area contributed by atoms with Gasteiger partial charge in [-0.25, -0.2) is 8.42 Å². The van der Waals surface area contributed by atoms with Gasteiger partial charge < -0.3 is 9.64 Å². The molecule has 1 aromatic heterocycles. The van der Waals surface area contributed by atoms with Gasteiger partial charge in [0.2, 0.25) is 5.91 Å². The van der Waals surface area contributed by atoms with Crippen LogP contribution in [0.5, 0.6) is 5.75 Å². The first-order valence-electron chi connectivity index (χ1n) is 10.9. The molecule has 1 fully saturated rings. The molecule has 7 nitrogen and oxygen atoms in total. The molecule has 1 saturated heterocycles. The highest BCUT2D eigenvalue weighted by atomic mass is 32.2. The highest BCUT2D eigenvalue weighted by Gasteiger charge is 2.42. The maximum absolute atomic E-state index is 13.8. The Morgan fingerprint density at radius 2 is 1.79 bits per heavy atom. The molecule has 0 unspecified atom stereocenters. The van der Waals surface area contributed by atoms with E-state index in [9.17, 15) is 13.2 Å². The van der Waals surface area contributed by atoms with Crippen LogP contribution in [0.4, 0.5) is 5.69 Å². The third-order valence-corrected chi connectivity index (χ3v) is 7.29. The van der Waals surface area contributed by atoms with Crippen molar-refractivity contribution in [3.63, 3.8) is 0 Å². The van der Waals surface area contributed by atoms with Crippen LogP contribution in [0.3, 0.4) is 0 Å². The number of rotatable bonds is 5. The van der Waals surface area contributed by atoms with Gasteiger partial charge in [-0.1, -0.05) is 30.3 Å². The van der Waals surface area contributed by atoms with E-state index in [0.717, 1.165) is 16.8 Å². The molecule has 0 N–H and O–H groups in total.